The first-order chi connectivity index (χ1) is 7.63. The van der Waals surface area contributed by atoms with Crippen LogP contribution in [0.25, 0.3) is 0 Å². The summed E-state index contributed by atoms with van der Waals surface area (Å²) < 4.78 is 5.32. The zero-order chi connectivity index (χ0) is 12.0. The van der Waals surface area contributed by atoms with E-state index in [1.165, 1.54) is 0 Å². The van der Waals surface area contributed by atoms with Gasteiger partial charge in [-0.15, -0.1) is 0 Å². The van der Waals surface area contributed by atoms with Crippen LogP contribution in [-0.2, 0) is 4.74 Å². The third kappa shape index (κ3) is 3.75. The zero-order valence-electron chi connectivity index (χ0n) is 10.6. The minimum absolute atomic E-state index is 0.375. The summed E-state index contributed by atoms with van der Waals surface area (Å²) in [5, 5.41) is 12.1. The number of nitriles is 1. The van der Waals surface area contributed by atoms with Crippen molar-refractivity contribution in [1.82, 2.24) is 10.2 Å². The van der Waals surface area contributed by atoms with Crippen LogP contribution < -0.4 is 5.32 Å². The molecule has 0 bridgehead atoms. The normalized spacial score (nSPS) is 25.2. The molecule has 0 aliphatic carbocycles. The Morgan fingerprint density at radius 2 is 2.38 bits per heavy atom. The van der Waals surface area contributed by atoms with E-state index in [-0.39, 0.29) is 5.54 Å². The first-order valence-electron chi connectivity index (χ1n) is 5.99. The molecule has 0 radical (unpaired) electrons. The van der Waals surface area contributed by atoms with Crippen LogP contribution in [0.15, 0.2) is 0 Å². The highest BCUT2D eigenvalue weighted by atomic mass is 16.5. The first kappa shape index (κ1) is 13.4. The molecular formula is C12H23N3O. The van der Waals surface area contributed by atoms with Crippen LogP contribution in [0.4, 0.5) is 0 Å². The van der Waals surface area contributed by atoms with Gasteiger partial charge in [0.2, 0.25) is 0 Å². The fourth-order valence-corrected chi connectivity index (χ4v) is 2.09. The zero-order valence-corrected chi connectivity index (χ0v) is 10.6. The molecule has 92 valence electrons. The highest BCUT2D eigenvalue weighted by molar-refractivity contribution is 5.02. The SMILES string of the molecule is CNC(C)(C#N)CCCN1CCC(OC)C1. The number of ether oxygens (including phenoxy) is 1. The molecular weight excluding hydrogens is 202 g/mol. The lowest BCUT2D eigenvalue weighted by Crippen LogP contribution is -2.38. The van der Waals surface area contributed by atoms with Gasteiger partial charge < -0.3 is 15.0 Å². The van der Waals surface area contributed by atoms with Crippen LogP contribution in [0.1, 0.15) is 26.2 Å². The second-order valence-electron chi connectivity index (χ2n) is 4.74. The van der Waals surface area contributed by atoms with Crippen molar-refractivity contribution in [3.63, 3.8) is 0 Å². The van der Waals surface area contributed by atoms with Gasteiger partial charge in [0.05, 0.1) is 12.2 Å². The molecule has 1 aliphatic rings. The Hall–Kier alpha value is -0.630. The standard InChI is InChI=1S/C12H23N3O/c1-12(10-13,14-2)6-4-7-15-8-5-11(9-15)16-3/h11,14H,4-9H2,1-3H3. The molecule has 2 unspecified atom stereocenters. The topological polar surface area (TPSA) is 48.3 Å². The highest BCUT2D eigenvalue weighted by Gasteiger charge is 2.24. The number of hydrogen-bond donors (Lipinski definition) is 1. The van der Waals surface area contributed by atoms with Crippen LogP contribution in [0.2, 0.25) is 0 Å². The first-order valence-corrected chi connectivity index (χ1v) is 5.99. The predicted octanol–water partition coefficient (Wildman–Crippen LogP) is 0.989. The van der Waals surface area contributed by atoms with Gasteiger partial charge in [-0.2, -0.15) is 5.26 Å². The van der Waals surface area contributed by atoms with Crippen molar-refractivity contribution in [3.8, 4) is 6.07 Å². The van der Waals surface area contributed by atoms with Gasteiger partial charge in [-0.3, -0.25) is 0 Å². The smallest absolute Gasteiger partial charge is 0.103 e. The molecule has 4 nitrogen and oxygen atoms in total. The van der Waals surface area contributed by atoms with E-state index >= 15 is 0 Å². The lowest BCUT2D eigenvalue weighted by molar-refractivity contribution is 0.108. The maximum Gasteiger partial charge on any atom is 0.103 e. The average Bonchev–Trinajstić information content (AvgIpc) is 2.77. The number of methoxy groups -OCH3 is 1. The molecule has 0 spiro atoms. The van der Waals surface area contributed by atoms with Crippen molar-refractivity contribution in [3.05, 3.63) is 0 Å². The second kappa shape index (κ2) is 6.19. The molecule has 2 atom stereocenters. The van der Waals surface area contributed by atoms with Gasteiger partial charge in [-0.05, 0) is 39.8 Å². The Morgan fingerprint density at radius 1 is 1.62 bits per heavy atom. The number of rotatable bonds is 6. The summed E-state index contributed by atoms with van der Waals surface area (Å²) in [6, 6.07) is 2.32. The van der Waals surface area contributed by atoms with E-state index in [4.69, 9.17) is 10.00 Å². The number of hydrogen-bond acceptors (Lipinski definition) is 4. The van der Waals surface area contributed by atoms with Gasteiger partial charge in [0.25, 0.3) is 0 Å². The van der Waals surface area contributed by atoms with Crippen LogP contribution in [0.5, 0.6) is 0 Å². The highest BCUT2D eigenvalue weighted by Crippen LogP contribution is 2.15. The van der Waals surface area contributed by atoms with Crippen molar-refractivity contribution in [2.24, 2.45) is 0 Å². The number of nitrogens with zero attached hydrogens (tertiary/aromatic N) is 2. The number of nitrogens with one attached hydrogen (secondary N) is 1. The summed E-state index contributed by atoms with van der Waals surface area (Å²) in [5.41, 5.74) is -0.375. The minimum Gasteiger partial charge on any atom is -0.380 e. The summed E-state index contributed by atoms with van der Waals surface area (Å²) in [4.78, 5) is 2.42. The Balaban J connectivity index is 2.19. The third-order valence-corrected chi connectivity index (χ3v) is 3.51. The monoisotopic (exact) mass is 225 g/mol. The van der Waals surface area contributed by atoms with Crippen LogP contribution >= 0.6 is 0 Å². The van der Waals surface area contributed by atoms with Crippen molar-refractivity contribution < 1.29 is 4.74 Å². The third-order valence-electron chi connectivity index (χ3n) is 3.51. The van der Waals surface area contributed by atoms with Crippen molar-refractivity contribution >= 4 is 0 Å². The summed E-state index contributed by atoms with van der Waals surface area (Å²) >= 11 is 0. The van der Waals surface area contributed by atoms with E-state index in [0.717, 1.165) is 38.9 Å². The lowest BCUT2D eigenvalue weighted by atomic mass is 9.98. The van der Waals surface area contributed by atoms with Crippen molar-refractivity contribution in [2.75, 3.05) is 33.8 Å². The quantitative estimate of drug-likeness (QED) is 0.732. The summed E-state index contributed by atoms with van der Waals surface area (Å²) in [6.45, 7) is 5.19. The fourth-order valence-electron chi connectivity index (χ4n) is 2.09. The average molecular weight is 225 g/mol. The van der Waals surface area contributed by atoms with Gasteiger partial charge in [0, 0.05) is 20.2 Å². The van der Waals surface area contributed by atoms with Gasteiger partial charge >= 0.3 is 0 Å². The maximum atomic E-state index is 9.01. The van der Waals surface area contributed by atoms with E-state index in [1.54, 1.807) is 7.11 Å². The van der Waals surface area contributed by atoms with Gasteiger partial charge in [0.15, 0.2) is 0 Å². The van der Waals surface area contributed by atoms with Crippen molar-refractivity contribution in [1.29, 1.82) is 5.26 Å². The molecule has 1 fully saturated rings. The molecule has 1 saturated heterocycles. The van der Waals surface area contributed by atoms with Gasteiger partial charge in [0.1, 0.15) is 5.54 Å². The molecule has 0 aromatic heterocycles. The van der Waals surface area contributed by atoms with Crippen LogP contribution in [0, 0.1) is 11.3 Å². The second-order valence-corrected chi connectivity index (χ2v) is 4.74. The Morgan fingerprint density at radius 3 is 2.88 bits per heavy atom. The van der Waals surface area contributed by atoms with E-state index in [1.807, 2.05) is 14.0 Å². The Labute approximate surface area is 98.6 Å². The molecule has 0 aromatic rings. The van der Waals surface area contributed by atoms with E-state index in [2.05, 4.69) is 16.3 Å². The van der Waals surface area contributed by atoms with Crippen molar-refractivity contribution in [2.45, 2.75) is 37.8 Å². The molecule has 1 N–H and O–H groups in total. The van der Waals surface area contributed by atoms with Crippen LogP contribution in [-0.4, -0.2) is 50.3 Å². The molecule has 0 saturated carbocycles. The predicted molar refractivity (Wildman–Crippen MR) is 64.2 cm³/mol. The van der Waals surface area contributed by atoms with E-state index in [0.29, 0.717) is 6.10 Å². The maximum absolute atomic E-state index is 9.01. The molecule has 16 heavy (non-hydrogen) atoms. The molecule has 4 heteroatoms. The minimum atomic E-state index is -0.375. The molecule has 0 amide bonds. The summed E-state index contributed by atoms with van der Waals surface area (Å²) in [7, 11) is 3.63. The lowest BCUT2D eigenvalue weighted by Gasteiger charge is -2.22. The Kier molecular flexibility index (Phi) is 5.20. The van der Waals surface area contributed by atoms with E-state index < -0.39 is 0 Å². The molecule has 0 aromatic carbocycles. The molecule has 1 heterocycles. The van der Waals surface area contributed by atoms with Gasteiger partial charge in [-0.1, -0.05) is 0 Å². The van der Waals surface area contributed by atoms with Gasteiger partial charge in [-0.25, -0.2) is 0 Å². The summed E-state index contributed by atoms with van der Waals surface area (Å²) in [6.07, 6.45) is 3.50. The molecule has 1 aliphatic heterocycles. The van der Waals surface area contributed by atoms with E-state index in [9.17, 15) is 0 Å². The number of likely N-dealkylation sites (tertiary alicyclic amines) is 1. The Bertz CT molecular complexity index is 251. The van der Waals surface area contributed by atoms with Crippen LogP contribution in [0.3, 0.4) is 0 Å². The largest absolute Gasteiger partial charge is 0.380 e. The fraction of sp³-hybridized carbons (Fsp3) is 0.917. The molecule has 1 rings (SSSR count). The summed E-state index contributed by atoms with van der Waals surface area (Å²) in [5.74, 6) is 0.